The molecule has 0 atom stereocenters. The van der Waals surface area contributed by atoms with Crippen LogP contribution in [0.15, 0.2) is 6.33 Å². The Labute approximate surface area is 111 Å². The maximum Gasteiger partial charge on any atom is 0.255 e. The van der Waals surface area contributed by atoms with Gasteiger partial charge in [0.2, 0.25) is 0 Å². The van der Waals surface area contributed by atoms with Gasteiger partial charge >= 0.3 is 0 Å². The standard InChI is InChI=1S/C12H20F2N4O/c1-3-9-11(15-4-2)16-8-17-12(9)18(5-6-19)7-10(13)14/h8,10,19H,3-7H2,1-2H3,(H,15,16,17). The minimum Gasteiger partial charge on any atom is -0.395 e. The third-order valence-corrected chi connectivity index (χ3v) is 2.65. The molecular weight excluding hydrogens is 254 g/mol. The van der Waals surface area contributed by atoms with E-state index in [4.69, 9.17) is 5.11 Å². The molecule has 1 heterocycles. The van der Waals surface area contributed by atoms with E-state index in [1.807, 2.05) is 13.8 Å². The van der Waals surface area contributed by atoms with Crippen molar-refractivity contribution in [3.05, 3.63) is 11.9 Å². The summed E-state index contributed by atoms with van der Waals surface area (Å²) in [7, 11) is 0. The number of anilines is 2. The van der Waals surface area contributed by atoms with Gasteiger partial charge in [0.25, 0.3) is 6.43 Å². The summed E-state index contributed by atoms with van der Waals surface area (Å²) in [5, 5.41) is 12.1. The molecule has 2 N–H and O–H groups in total. The van der Waals surface area contributed by atoms with Crippen LogP contribution in [0.4, 0.5) is 20.4 Å². The molecular formula is C12H20F2N4O. The lowest BCUT2D eigenvalue weighted by atomic mass is 10.2. The van der Waals surface area contributed by atoms with E-state index in [2.05, 4.69) is 15.3 Å². The van der Waals surface area contributed by atoms with Crippen molar-refractivity contribution in [3.63, 3.8) is 0 Å². The lowest BCUT2D eigenvalue weighted by Crippen LogP contribution is -2.33. The van der Waals surface area contributed by atoms with Crippen molar-refractivity contribution < 1.29 is 13.9 Å². The molecule has 7 heteroatoms. The van der Waals surface area contributed by atoms with Crippen LogP contribution in [-0.2, 0) is 6.42 Å². The second-order valence-electron chi connectivity index (χ2n) is 3.97. The van der Waals surface area contributed by atoms with Crippen molar-refractivity contribution in [2.24, 2.45) is 0 Å². The van der Waals surface area contributed by atoms with Gasteiger partial charge in [-0.25, -0.2) is 18.7 Å². The minimum atomic E-state index is -2.48. The van der Waals surface area contributed by atoms with Crippen LogP contribution in [0.3, 0.4) is 0 Å². The first-order valence-electron chi connectivity index (χ1n) is 6.35. The third kappa shape index (κ3) is 4.27. The van der Waals surface area contributed by atoms with E-state index in [9.17, 15) is 8.78 Å². The molecule has 108 valence electrons. The number of hydrogen-bond acceptors (Lipinski definition) is 5. The Kier molecular flexibility index (Phi) is 6.41. The molecule has 1 aromatic rings. The number of rotatable bonds is 8. The highest BCUT2D eigenvalue weighted by atomic mass is 19.3. The Morgan fingerprint density at radius 3 is 2.63 bits per heavy atom. The Morgan fingerprint density at radius 2 is 2.11 bits per heavy atom. The average Bonchev–Trinajstić information content (AvgIpc) is 2.38. The van der Waals surface area contributed by atoms with Crippen LogP contribution in [0, 0.1) is 0 Å². The molecule has 0 aliphatic carbocycles. The van der Waals surface area contributed by atoms with Gasteiger partial charge in [-0.3, -0.25) is 0 Å². The molecule has 0 bridgehead atoms. The molecule has 0 fully saturated rings. The maximum absolute atomic E-state index is 12.6. The van der Waals surface area contributed by atoms with E-state index in [1.54, 1.807) is 0 Å². The fourth-order valence-electron chi connectivity index (χ4n) is 1.89. The largest absolute Gasteiger partial charge is 0.395 e. The first-order valence-corrected chi connectivity index (χ1v) is 6.35. The zero-order valence-corrected chi connectivity index (χ0v) is 11.2. The van der Waals surface area contributed by atoms with Gasteiger partial charge in [-0.05, 0) is 13.3 Å². The first-order chi connectivity index (χ1) is 9.13. The number of alkyl halides is 2. The second kappa shape index (κ2) is 7.83. The second-order valence-corrected chi connectivity index (χ2v) is 3.97. The summed E-state index contributed by atoms with van der Waals surface area (Å²) in [4.78, 5) is 9.61. The molecule has 0 saturated carbocycles. The van der Waals surface area contributed by atoms with Crippen LogP contribution in [0.25, 0.3) is 0 Å². The zero-order chi connectivity index (χ0) is 14.3. The van der Waals surface area contributed by atoms with Gasteiger partial charge in [-0.2, -0.15) is 0 Å². The predicted molar refractivity (Wildman–Crippen MR) is 70.9 cm³/mol. The van der Waals surface area contributed by atoms with Crippen LogP contribution in [-0.4, -0.2) is 47.7 Å². The number of nitrogens with one attached hydrogen (secondary N) is 1. The van der Waals surface area contributed by atoms with Crippen molar-refractivity contribution in [2.45, 2.75) is 26.7 Å². The highest BCUT2D eigenvalue weighted by Gasteiger charge is 2.18. The molecule has 0 amide bonds. The van der Waals surface area contributed by atoms with E-state index < -0.39 is 13.0 Å². The van der Waals surface area contributed by atoms with E-state index >= 15 is 0 Å². The van der Waals surface area contributed by atoms with Gasteiger partial charge in [0.05, 0.1) is 13.2 Å². The monoisotopic (exact) mass is 274 g/mol. The van der Waals surface area contributed by atoms with Crippen LogP contribution in [0.2, 0.25) is 0 Å². The Hall–Kier alpha value is -1.50. The SMILES string of the molecule is CCNc1ncnc(N(CCO)CC(F)F)c1CC. The molecule has 1 aromatic heterocycles. The van der Waals surface area contributed by atoms with Gasteiger partial charge in [-0.15, -0.1) is 0 Å². The molecule has 0 unspecified atom stereocenters. The Balaban J connectivity index is 3.09. The summed E-state index contributed by atoms with van der Waals surface area (Å²) >= 11 is 0. The normalized spacial score (nSPS) is 10.8. The highest BCUT2D eigenvalue weighted by molar-refractivity contribution is 5.58. The molecule has 19 heavy (non-hydrogen) atoms. The number of aliphatic hydroxyl groups is 1. The number of nitrogens with zero attached hydrogens (tertiary/aromatic N) is 3. The summed E-state index contributed by atoms with van der Waals surface area (Å²) in [5.41, 5.74) is 0.790. The van der Waals surface area contributed by atoms with E-state index in [1.165, 1.54) is 11.2 Å². The summed E-state index contributed by atoms with van der Waals surface area (Å²) in [5.74, 6) is 1.12. The highest BCUT2D eigenvalue weighted by Crippen LogP contribution is 2.24. The first kappa shape index (κ1) is 15.6. The van der Waals surface area contributed by atoms with Gasteiger partial charge < -0.3 is 15.3 Å². The Bertz CT molecular complexity index is 390. The van der Waals surface area contributed by atoms with Gasteiger partial charge in [0, 0.05) is 18.7 Å². The fourth-order valence-corrected chi connectivity index (χ4v) is 1.89. The van der Waals surface area contributed by atoms with E-state index in [0.717, 1.165) is 5.56 Å². The molecule has 0 aliphatic heterocycles. The van der Waals surface area contributed by atoms with Crippen LogP contribution >= 0.6 is 0 Å². The summed E-state index contributed by atoms with van der Waals surface area (Å²) in [6.45, 7) is 4.03. The van der Waals surface area contributed by atoms with Gasteiger partial charge in [-0.1, -0.05) is 6.92 Å². The number of hydrogen-bond donors (Lipinski definition) is 2. The van der Waals surface area contributed by atoms with Crippen molar-refractivity contribution in [2.75, 3.05) is 36.5 Å². The molecule has 0 aliphatic rings. The van der Waals surface area contributed by atoms with Crippen LogP contribution in [0.1, 0.15) is 19.4 Å². The number of halogens is 2. The quantitative estimate of drug-likeness (QED) is 0.753. The maximum atomic E-state index is 12.6. The summed E-state index contributed by atoms with van der Waals surface area (Å²) < 4.78 is 25.2. The smallest absolute Gasteiger partial charge is 0.255 e. The Morgan fingerprint density at radius 1 is 1.37 bits per heavy atom. The molecule has 1 rings (SSSR count). The summed E-state index contributed by atoms with van der Waals surface area (Å²) in [6, 6.07) is 0. The van der Waals surface area contributed by atoms with Crippen LogP contribution in [0.5, 0.6) is 0 Å². The lowest BCUT2D eigenvalue weighted by molar-refractivity contribution is 0.152. The zero-order valence-electron chi connectivity index (χ0n) is 11.2. The minimum absolute atomic E-state index is 0.125. The summed E-state index contributed by atoms with van der Waals surface area (Å²) in [6.07, 6.45) is -0.500. The van der Waals surface area contributed by atoms with Gasteiger partial charge in [0.1, 0.15) is 18.0 Å². The molecule has 0 aromatic carbocycles. The van der Waals surface area contributed by atoms with Crippen LogP contribution < -0.4 is 10.2 Å². The van der Waals surface area contributed by atoms with E-state index in [-0.39, 0.29) is 13.2 Å². The lowest BCUT2D eigenvalue weighted by Gasteiger charge is -2.25. The molecule has 0 radical (unpaired) electrons. The van der Waals surface area contributed by atoms with Gasteiger partial charge in [0.15, 0.2) is 0 Å². The molecule has 0 spiro atoms. The topological polar surface area (TPSA) is 61.3 Å². The number of aliphatic hydroxyl groups excluding tert-OH is 1. The number of aromatic nitrogens is 2. The fraction of sp³-hybridized carbons (Fsp3) is 0.667. The van der Waals surface area contributed by atoms with Crippen molar-refractivity contribution in [1.82, 2.24) is 9.97 Å². The average molecular weight is 274 g/mol. The van der Waals surface area contributed by atoms with Crippen molar-refractivity contribution in [3.8, 4) is 0 Å². The van der Waals surface area contributed by atoms with Crippen molar-refractivity contribution >= 4 is 11.6 Å². The van der Waals surface area contributed by atoms with E-state index in [0.29, 0.717) is 24.6 Å². The molecule has 5 nitrogen and oxygen atoms in total. The third-order valence-electron chi connectivity index (χ3n) is 2.65. The van der Waals surface area contributed by atoms with Crippen molar-refractivity contribution in [1.29, 1.82) is 0 Å². The predicted octanol–water partition coefficient (Wildman–Crippen LogP) is 1.53. The molecule has 0 saturated heterocycles.